The van der Waals surface area contributed by atoms with E-state index in [0.717, 1.165) is 42.3 Å². The summed E-state index contributed by atoms with van der Waals surface area (Å²) in [5.41, 5.74) is 3.60. The average molecular weight is 378 g/mol. The molecule has 2 aromatic rings. The second kappa shape index (κ2) is 9.16. The van der Waals surface area contributed by atoms with Crippen LogP contribution in [-0.2, 0) is 4.79 Å². The molecule has 1 atom stereocenters. The molecular formula is C19H28ClN5O. The van der Waals surface area contributed by atoms with E-state index in [9.17, 15) is 4.79 Å². The minimum Gasteiger partial charge on any atom is -0.322 e. The van der Waals surface area contributed by atoms with Gasteiger partial charge in [0.1, 0.15) is 0 Å². The fourth-order valence-corrected chi connectivity index (χ4v) is 3.46. The molecule has 1 aromatic heterocycles. The third-order valence-electron chi connectivity index (χ3n) is 4.84. The normalized spacial score (nSPS) is 17.6. The van der Waals surface area contributed by atoms with Gasteiger partial charge in [0.05, 0.1) is 29.3 Å². The van der Waals surface area contributed by atoms with Crippen molar-refractivity contribution in [3.05, 3.63) is 41.7 Å². The zero-order valence-corrected chi connectivity index (χ0v) is 16.5. The van der Waals surface area contributed by atoms with Crippen molar-refractivity contribution in [1.82, 2.24) is 20.0 Å². The average Bonchev–Trinajstić information content (AvgIpc) is 2.91. The number of benzene rings is 1. The number of carbonyl (C=O) groups excluding carboxylic acids is 1. The van der Waals surface area contributed by atoms with Gasteiger partial charge in [0, 0.05) is 12.6 Å². The minimum atomic E-state index is 0. The molecule has 1 amide bonds. The lowest BCUT2D eigenvalue weighted by atomic mass is 10.1. The van der Waals surface area contributed by atoms with Gasteiger partial charge in [0.2, 0.25) is 5.91 Å². The number of halogens is 1. The zero-order valence-electron chi connectivity index (χ0n) is 15.7. The highest BCUT2D eigenvalue weighted by molar-refractivity contribution is 5.93. The van der Waals surface area contributed by atoms with E-state index in [4.69, 9.17) is 0 Å². The number of likely N-dealkylation sites (N-methyl/N-ethyl adjacent to an activating group) is 1. The maximum atomic E-state index is 12.5. The number of aryl methyl sites for hydroxylation is 1. The Bertz CT molecular complexity index is 731. The van der Waals surface area contributed by atoms with Crippen LogP contribution in [0.15, 0.2) is 30.3 Å². The smallest absolute Gasteiger partial charge is 0.238 e. The van der Waals surface area contributed by atoms with Crippen molar-refractivity contribution in [3.63, 3.8) is 0 Å². The van der Waals surface area contributed by atoms with Gasteiger partial charge in [-0.3, -0.25) is 9.69 Å². The molecule has 142 valence electrons. The molecule has 6 nitrogen and oxygen atoms in total. The number of amides is 1. The highest BCUT2D eigenvalue weighted by Gasteiger charge is 2.21. The lowest BCUT2D eigenvalue weighted by Gasteiger charge is -2.31. The molecule has 0 saturated carbocycles. The van der Waals surface area contributed by atoms with Crippen LogP contribution in [0.25, 0.3) is 5.69 Å². The number of rotatable bonds is 5. The molecule has 1 aliphatic heterocycles. The van der Waals surface area contributed by atoms with Gasteiger partial charge >= 0.3 is 0 Å². The molecular weight excluding hydrogens is 350 g/mol. The molecule has 0 bridgehead atoms. The van der Waals surface area contributed by atoms with Crippen LogP contribution in [0.4, 0.5) is 5.69 Å². The quantitative estimate of drug-likeness (QED) is 0.840. The first-order chi connectivity index (χ1) is 12.1. The zero-order chi connectivity index (χ0) is 17.8. The van der Waals surface area contributed by atoms with Gasteiger partial charge < -0.3 is 10.6 Å². The predicted octanol–water partition coefficient (Wildman–Crippen LogP) is 2.53. The molecule has 1 aliphatic rings. The number of nitrogens with one attached hydrogen (secondary N) is 2. The Kier molecular flexibility index (Phi) is 7.20. The highest BCUT2D eigenvalue weighted by Crippen LogP contribution is 2.22. The van der Waals surface area contributed by atoms with Crippen molar-refractivity contribution in [2.75, 3.05) is 32.0 Å². The predicted molar refractivity (Wildman–Crippen MR) is 107 cm³/mol. The van der Waals surface area contributed by atoms with E-state index in [-0.39, 0.29) is 18.3 Å². The SMILES string of the molecule is CNC1CCCN(CC(=O)Nc2c(C)nn(-c3ccccc3)c2C)C1.Cl. The number of para-hydroxylation sites is 1. The largest absolute Gasteiger partial charge is 0.322 e. The fourth-order valence-electron chi connectivity index (χ4n) is 3.46. The summed E-state index contributed by atoms with van der Waals surface area (Å²) in [5, 5.41) is 11.0. The van der Waals surface area contributed by atoms with Crippen molar-refractivity contribution in [3.8, 4) is 5.69 Å². The van der Waals surface area contributed by atoms with Gasteiger partial charge in [-0.25, -0.2) is 4.68 Å². The van der Waals surface area contributed by atoms with E-state index in [1.807, 2.05) is 55.9 Å². The van der Waals surface area contributed by atoms with Crippen molar-refractivity contribution >= 4 is 24.0 Å². The summed E-state index contributed by atoms with van der Waals surface area (Å²) < 4.78 is 1.88. The maximum absolute atomic E-state index is 12.5. The van der Waals surface area contributed by atoms with Gasteiger partial charge in [0.25, 0.3) is 0 Å². The summed E-state index contributed by atoms with van der Waals surface area (Å²) in [4.78, 5) is 14.7. The molecule has 0 aliphatic carbocycles. The topological polar surface area (TPSA) is 62.2 Å². The third kappa shape index (κ3) is 4.63. The fraction of sp³-hybridized carbons (Fsp3) is 0.474. The second-order valence-electron chi connectivity index (χ2n) is 6.70. The summed E-state index contributed by atoms with van der Waals surface area (Å²) in [5.74, 6) is 0.0237. The molecule has 2 heterocycles. The molecule has 26 heavy (non-hydrogen) atoms. The summed E-state index contributed by atoms with van der Waals surface area (Å²) in [6.45, 7) is 6.24. The summed E-state index contributed by atoms with van der Waals surface area (Å²) in [6, 6.07) is 10.4. The third-order valence-corrected chi connectivity index (χ3v) is 4.84. The van der Waals surface area contributed by atoms with E-state index < -0.39 is 0 Å². The molecule has 0 radical (unpaired) electrons. The Hall–Kier alpha value is -1.89. The van der Waals surface area contributed by atoms with Crippen LogP contribution in [0.5, 0.6) is 0 Å². The number of nitrogens with zero attached hydrogens (tertiary/aromatic N) is 3. The summed E-state index contributed by atoms with van der Waals surface area (Å²) in [6.07, 6.45) is 2.31. The van der Waals surface area contributed by atoms with E-state index in [1.54, 1.807) is 0 Å². The van der Waals surface area contributed by atoms with Crippen molar-refractivity contribution < 1.29 is 4.79 Å². The molecule has 0 spiro atoms. The van der Waals surface area contributed by atoms with Crippen molar-refractivity contribution in [2.24, 2.45) is 0 Å². The van der Waals surface area contributed by atoms with Crippen LogP contribution in [0, 0.1) is 13.8 Å². The molecule has 7 heteroatoms. The molecule has 1 aromatic carbocycles. The molecule has 1 fully saturated rings. The van der Waals surface area contributed by atoms with Gasteiger partial charge in [-0.15, -0.1) is 12.4 Å². The minimum absolute atomic E-state index is 0. The standard InChI is InChI=1S/C19H27N5O.ClH/c1-14-19(15(2)24(22-14)17-9-5-4-6-10-17)21-18(25)13-23-11-7-8-16(12-23)20-3;/h4-6,9-10,16,20H,7-8,11-13H2,1-3H3,(H,21,25);1H. The van der Waals surface area contributed by atoms with Crippen LogP contribution in [0.1, 0.15) is 24.2 Å². The summed E-state index contributed by atoms with van der Waals surface area (Å²) >= 11 is 0. The number of carbonyl (C=O) groups is 1. The van der Waals surface area contributed by atoms with Gasteiger partial charge in [-0.2, -0.15) is 5.10 Å². The molecule has 1 unspecified atom stereocenters. The lowest BCUT2D eigenvalue weighted by molar-refractivity contribution is -0.117. The number of piperidine rings is 1. The maximum Gasteiger partial charge on any atom is 0.238 e. The van der Waals surface area contributed by atoms with E-state index in [2.05, 4.69) is 20.6 Å². The van der Waals surface area contributed by atoms with E-state index >= 15 is 0 Å². The van der Waals surface area contributed by atoms with Crippen LogP contribution in [0.3, 0.4) is 0 Å². The Balaban J connectivity index is 0.00000243. The first kappa shape index (κ1) is 20.4. The van der Waals surface area contributed by atoms with Crippen LogP contribution >= 0.6 is 12.4 Å². The van der Waals surface area contributed by atoms with Gasteiger partial charge in [-0.1, -0.05) is 18.2 Å². The molecule has 1 saturated heterocycles. The van der Waals surface area contributed by atoms with Crippen LogP contribution in [-0.4, -0.2) is 53.3 Å². The van der Waals surface area contributed by atoms with Crippen LogP contribution in [0.2, 0.25) is 0 Å². The van der Waals surface area contributed by atoms with Crippen LogP contribution < -0.4 is 10.6 Å². The first-order valence-electron chi connectivity index (χ1n) is 8.89. The van der Waals surface area contributed by atoms with Gasteiger partial charge in [-0.05, 0) is 52.4 Å². The van der Waals surface area contributed by atoms with E-state index in [0.29, 0.717) is 12.6 Å². The molecule has 2 N–H and O–H groups in total. The monoisotopic (exact) mass is 377 g/mol. The second-order valence-corrected chi connectivity index (χ2v) is 6.70. The summed E-state index contributed by atoms with van der Waals surface area (Å²) in [7, 11) is 1.99. The Morgan fingerprint density at radius 2 is 2.00 bits per heavy atom. The molecule has 3 rings (SSSR count). The lowest BCUT2D eigenvalue weighted by Crippen LogP contribution is -2.46. The van der Waals surface area contributed by atoms with Gasteiger partial charge in [0.15, 0.2) is 0 Å². The number of hydrogen-bond donors (Lipinski definition) is 2. The van der Waals surface area contributed by atoms with E-state index in [1.165, 1.54) is 6.42 Å². The number of aromatic nitrogens is 2. The Morgan fingerprint density at radius 1 is 1.27 bits per heavy atom. The first-order valence-corrected chi connectivity index (χ1v) is 8.89. The number of hydrogen-bond acceptors (Lipinski definition) is 4. The Morgan fingerprint density at radius 3 is 2.69 bits per heavy atom. The Labute approximate surface area is 161 Å². The van der Waals surface area contributed by atoms with Crippen molar-refractivity contribution in [2.45, 2.75) is 32.7 Å². The number of likely N-dealkylation sites (tertiary alicyclic amines) is 1. The highest BCUT2D eigenvalue weighted by atomic mass is 35.5. The number of anilines is 1. The van der Waals surface area contributed by atoms with Crippen molar-refractivity contribution in [1.29, 1.82) is 0 Å².